The van der Waals surface area contributed by atoms with Crippen LogP contribution in [-0.2, 0) is 9.59 Å². The van der Waals surface area contributed by atoms with E-state index in [0.717, 1.165) is 12.1 Å². The molecule has 0 aromatic heterocycles. The summed E-state index contributed by atoms with van der Waals surface area (Å²) in [4.78, 5) is 25.0. The third-order valence-corrected chi connectivity index (χ3v) is 3.29. The van der Waals surface area contributed by atoms with Gasteiger partial charge in [0, 0.05) is 12.6 Å². The molecule has 0 radical (unpaired) electrons. The fraction of sp³-hybridized carbons (Fsp3) is 0.176. The number of para-hydroxylation sites is 1. The van der Waals surface area contributed by atoms with Gasteiger partial charge in [0.25, 0.3) is 0 Å². The van der Waals surface area contributed by atoms with Gasteiger partial charge < -0.3 is 15.0 Å². The summed E-state index contributed by atoms with van der Waals surface area (Å²) in [5, 5.41) is 2.15. The van der Waals surface area contributed by atoms with Gasteiger partial charge >= 0.3 is 0 Å². The van der Waals surface area contributed by atoms with Gasteiger partial charge in [0.2, 0.25) is 11.8 Å². The van der Waals surface area contributed by atoms with Crippen LogP contribution < -0.4 is 15.0 Å². The summed E-state index contributed by atoms with van der Waals surface area (Å²) >= 11 is 0. The highest BCUT2D eigenvalue weighted by Crippen LogP contribution is 2.21. The second-order valence-corrected chi connectivity index (χ2v) is 4.95. The van der Waals surface area contributed by atoms with Crippen LogP contribution in [0, 0.1) is 11.6 Å². The monoisotopic (exact) mass is 334 g/mol. The van der Waals surface area contributed by atoms with Gasteiger partial charge in [-0.2, -0.15) is 0 Å². The maximum atomic E-state index is 13.6. The molecule has 0 aliphatic heterocycles. The Hall–Kier alpha value is -2.96. The summed E-state index contributed by atoms with van der Waals surface area (Å²) < 4.78 is 32.2. The zero-order valence-corrected chi connectivity index (χ0v) is 13.2. The normalized spacial score (nSPS) is 10.2. The number of ether oxygens (including phenoxy) is 1. The first-order valence-corrected chi connectivity index (χ1v) is 7.08. The summed E-state index contributed by atoms with van der Waals surface area (Å²) in [5.41, 5.74) is -0.0758. The molecule has 5 nitrogen and oxygen atoms in total. The number of benzene rings is 2. The number of hydrogen-bond acceptors (Lipinski definition) is 3. The molecule has 0 atom stereocenters. The van der Waals surface area contributed by atoms with Crippen molar-refractivity contribution in [3.63, 3.8) is 0 Å². The number of methoxy groups -OCH3 is 1. The van der Waals surface area contributed by atoms with E-state index in [4.69, 9.17) is 4.74 Å². The minimum absolute atomic E-state index is 0.380. The molecule has 2 amide bonds. The molecule has 0 fully saturated rings. The molecule has 7 heteroatoms. The lowest BCUT2D eigenvalue weighted by molar-refractivity contribution is -0.120. The Bertz CT molecular complexity index is 728. The van der Waals surface area contributed by atoms with Crippen molar-refractivity contribution < 1.29 is 23.1 Å². The van der Waals surface area contributed by atoms with Crippen LogP contribution in [0.1, 0.15) is 6.92 Å². The van der Waals surface area contributed by atoms with E-state index in [1.54, 1.807) is 24.3 Å². The minimum Gasteiger partial charge on any atom is -0.497 e. The number of anilines is 2. The molecule has 2 aromatic rings. The highest BCUT2D eigenvalue weighted by atomic mass is 19.1. The third kappa shape index (κ3) is 4.07. The highest BCUT2D eigenvalue weighted by molar-refractivity contribution is 6.01. The molecule has 0 saturated carbocycles. The number of nitrogens with one attached hydrogen (secondary N) is 1. The Balaban J connectivity index is 2.15. The highest BCUT2D eigenvalue weighted by Gasteiger charge is 2.18. The Labute approximate surface area is 137 Å². The minimum atomic E-state index is -0.887. The van der Waals surface area contributed by atoms with Crippen molar-refractivity contribution in [1.82, 2.24) is 0 Å². The van der Waals surface area contributed by atoms with Crippen LogP contribution >= 0.6 is 0 Å². The molecule has 0 saturated heterocycles. The van der Waals surface area contributed by atoms with Crippen LogP contribution in [0.15, 0.2) is 42.5 Å². The van der Waals surface area contributed by atoms with Gasteiger partial charge in [-0.05, 0) is 36.4 Å². The zero-order valence-electron chi connectivity index (χ0n) is 13.2. The number of carbonyl (C=O) groups is 2. The Morgan fingerprint density at radius 2 is 1.67 bits per heavy atom. The molecule has 0 heterocycles. The molecular formula is C17H16F2N2O3. The maximum Gasteiger partial charge on any atom is 0.244 e. The molecule has 0 unspecified atom stereocenters. The average Bonchev–Trinajstić information content (AvgIpc) is 2.56. The predicted octanol–water partition coefficient (Wildman–Crippen LogP) is 2.97. The van der Waals surface area contributed by atoms with Gasteiger partial charge in [0.05, 0.1) is 7.11 Å². The zero-order chi connectivity index (χ0) is 17.7. The van der Waals surface area contributed by atoms with Gasteiger partial charge in [0.1, 0.15) is 29.6 Å². The number of hydrogen-bond donors (Lipinski definition) is 1. The lowest BCUT2D eigenvalue weighted by Crippen LogP contribution is -2.36. The van der Waals surface area contributed by atoms with Crippen molar-refractivity contribution in [2.75, 3.05) is 23.9 Å². The first-order valence-electron chi connectivity index (χ1n) is 7.08. The Morgan fingerprint density at radius 3 is 2.17 bits per heavy atom. The van der Waals surface area contributed by atoms with Crippen molar-refractivity contribution in [2.45, 2.75) is 6.92 Å². The first kappa shape index (κ1) is 17.4. The first-order chi connectivity index (χ1) is 11.4. The second kappa shape index (κ2) is 7.54. The molecule has 0 spiro atoms. The van der Waals surface area contributed by atoms with E-state index in [-0.39, 0.29) is 12.5 Å². The predicted molar refractivity (Wildman–Crippen MR) is 86.0 cm³/mol. The van der Waals surface area contributed by atoms with Crippen molar-refractivity contribution >= 4 is 23.2 Å². The molecule has 0 aliphatic carbocycles. The number of nitrogens with zero attached hydrogens (tertiary/aromatic N) is 1. The Kier molecular flexibility index (Phi) is 5.47. The molecule has 0 bridgehead atoms. The van der Waals surface area contributed by atoms with E-state index in [9.17, 15) is 18.4 Å². The van der Waals surface area contributed by atoms with Crippen molar-refractivity contribution in [2.24, 2.45) is 0 Å². The standard InChI is InChI=1S/C17H16F2N2O3/c1-11(22)21(12-6-8-13(24-2)9-7-12)10-16(23)20-17-14(18)4-3-5-15(17)19/h3-9H,10H2,1-2H3,(H,20,23). The van der Waals surface area contributed by atoms with Gasteiger partial charge in [-0.25, -0.2) is 8.78 Å². The van der Waals surface area contributed by atoms with Gasteiger partial charge in [-0.1, -0.05) is 6.07 Å². The number of amides is 2. The van der Waals surface area contributed by atoms with Crippen molar-refractivity contribution in [3.8, 4) is 5.75 Å². The number of carbonyl (C=O) groups excluding carboxylic acids is 2. The third-order valence-electron chi connectivity index (χ3n) is 3.29. The van der Waals surface area contributed by atoms with Crippen molar-refractivity contribution in [3.05, 3.63) is 54.1 Å². The summed E-state index contributed by atoms with van der Waals surface area (Å²) in [6, 6.07) is 9.75. The van der Waals surface area contributed by atoms with E-state index >= 15 is 0 Å². The topological polar surface area (TPSA) is 58.6 Å². The molecule has 2 aromatic carbocycles. The lowest BCUT2D eigenvalue weighted by atomic mass is 10.2. The summed E-state index contributed by atoms with van der Waals surface area (Å²) in [6.07, 6.45) is 0. The van der Waals surface area contributed by atoms with E-state index in [1.165, 1.54) is 25.0 Å². The number of halogens is 2. The van der Waals surface area contributed by atoms with E-state index in [0.29, 0.717) is 11.4 Å². The van der Waals surface area contributed by atoms with Gasteiger partial charge in [0.15, 0.2) is 0 Å². The molecule has 126 valence electrons. The van der Waals surface area contributed by atoms with Gasteiger partial charge in [-0.3, -0.25) is 9.59 Å². The van der Waals surface area contributed by atoms with Crippen LogP contribution in [0.2, 0.25) is 0 Å². The largest absolute Gasteiger partial charge is 0.497 e. The van der Waals surface area contributed by atoms with Crippen molar-refractivity contribution in [1.29, 1.82) is 0 Å². The van der Waals surface area contributed by atoms with Crippen LogP contribution in [0.5, 0.6) is 5.75 Å². The quantitative estimate of drug-likeness (QED) is 0.914. The maximum absolute atomic E-state index is 13.6. The van der Waals surface area contributed by atoms with Crippen LogP contribution in [0.4, 0.5) is 20.2 Å². The lowest BCUT2D eigenvalue weighted by Gasteiger charge is -2.21. The van der Waals surface area contributed by atoms with Crippen LogP contribution in [0.3, 0.4) is 0 Å². The van der Waals surface area contributed by atoms with E-state index in [1.807, 2.05) is 0 Å². The molecule has 0 aliphatic rings. The summed E-state index contributed by atoms with van der Waals surface area (Å²) in [7, 11) is 1.51. The molecule has 2 rings (SSSR count). The molecule has 24 heavy (non-hydrogen) atoms. The van der Waals surface area contributed by atoms with E-state index in [2.05, 4.69) is 5.32 Å². The number of rotatable bonds is 5. The fourth-order valence-electron chi connectivity index (χ4n) is 2.09. The van der Waals surface area contributed by atoms with Crippen LogP contribution in [0.25, 0.3) is 0 Å². The summed E-state index contributed by atoms with van der Waals surface area (Å²) in [5.74, 6) is -2.28. The average molecular weight is 334 g/mol. The SMILES string of the molecule is COc1ccc(N(CC(=O)Nc2c(F)cccc2F)C(C)=O)cc1. The Morgan fingerprint density at radius 1 is 1.08 bits per heavy atom. The second-order valence-electron chi connectivity index (χ2n) is 4.95. The molecular weight excluding hydrogens is 318 g/mol. The summed E-state index contributed by atoms with van der Waals surface area (Å²) in [6.45, 7) is 0.913. The van der Waals surface area contributed by atoms with E-state index < -0.39 is 23.2 Å². The van der Waals surface area contributed by atoms with Crippen LogP contribution in [-0.4, -0.2) is 25.5 Å². The fourth-order valence-corrected chi connectivity index (χ4v) is 2.09. The van der Waals surface area contributed by atoms with Gasteiger partial charge in [-0.15, -0.1) is 0 Å². The smallest absolute Gasteiger partial charge is 0.244 e. The molecule has 1 N–H and O–H groups in total.